The van der Waals surface area contributed by atoms with Crippen LogP contribution in [0.5, 0.6) is 17.2 Å². The third-order valence-corrected chi connectivity index (χ3v) is 8.09. The zero-order chi connectivity index (χ0) is 57.7. The quantitative estimate of drug-likeness (QED) is 0.0938. The summed E-state index contributed by atoms with van der Waals surface area (Å²) >= 11 is 0. The van der Waals surface area contributed by atoms with Gasteiger partial charge in [0.05, 0.1) is 27.9 Å². The third kappa shape index (κ3) is 22.4. The number of hydrogen-bond acceptors (Lipinski definition) is 23. The third-order valence-electron chi connectivity index (χ3n) is 8.09. The second-order valence-electron chi connectivity index (χ2n) is 16.2. The van der Waals surface area contributed by atoms with E-state index in [1.807, 2.05) is 36.4 Å². The number of ether oxygens (including phenoxy) is 3. The van der Waals surface area contributed by atoms with Crippen LogP contribution in [0.1, 0.15) is 26.6 Å². The van der Waals surface area contributed by atoms with Crippen LogP contribution >= 0.6 is 0 Å². The first-order valence-corrected chi connectivity index (χ1v) is 28.6. The van der Waals surface area contributed by atoms with Crippen molar-refractivity contribution in [2.24, 2.45) is 11.5 Å². The number of methoxy groups -OCH3 is 3. The van der Waals surface area contributed by atoms with E-state index in [0.29, 0.717) is 56.9 Å². The van der Waals surface area contributed by atoms with Crippen LogP contribution in [0.25, 0.3) is 44.2 Å². The van der Waals surface area contributed by atoms with Crippen LogP contribution in [-0.4, -0.2) is 152 Å². The zero-order valence-electron chi connectivity index (χ0n) is 44.7. The molecule has 8 aromatic rings. The monoisotopic (exact) mass is 1090 g/mol. The first kappa shape index (κ1) is 65.7. The van der Waals surface area contributed by atoms with Crippen molar-refractivity contribution in [1.82, 2.24) is 54.3 Å². The number of fused-ring (bicyclic) bond motifs is 5. The van der Waals surface area contributed by atoms with Crippen molar-refractivity contribution in [3.8, 4) is 23.1 Å². The summed E-state index contributed by atoms with van der Waals surface area (Å²) in [4.78, 5) is 68.8. The highest BCUT2D eigenvalue weighted by atomic mass is 28.3. The largest absolute Gasteiger partial charge is 0.494 e. The molecule has 2 radical (unpaired) electrons. The van der Waals surface area contributed by atoms with E-state index < -0.39 is 6.61 Å². The Hall–Kier alpha value is -8.36. The number of nitrogen functional groups attached to an aromatic ring is 3. The molecule has 3 aromatic carbocycles. The molecule has 0 saturated heterocycles. The first-order valence-electron chi connectivity index (χ1n) is 22.6. The number of para-hydroxylation sites is 3. The minimum Gasteiger partial charge on any atom is -0.494 e. The maximum atomic E-state index is 11.2. The van der Waals surface area contributed by atoms with Crippen LogP contribution in [0.2, 0.25) is 39.3 Å². The molecule has 0 aliphatic heterocycles. The number of carbonyl (C=O) groups excluding carboxylic acids is 4. The van der Waals surface area contributed by atoms with Crippen molar-refractivity contribution in [2.75, 3.05) is 63.6 Å². The minimum absolute atomic E-state index is 0.0590. The smallest absolute Gasteiger partial charge is 0.232 e. The molecule has 0 bridgehead atoms. The van der Waals surface area contributed by atoms with Gasteiger partial charge in [-0.3, -0.25) is 24.5 Å². The molecule has 0 unspecified atom stereocenters. The summed E-state index contributed by atoms with van der Waals surface area (Å²) in [6, 6.07) is 16.4. The highest BCUT2D eigenvalue weighted by Gasteiger charge is 2.16. The molecule has 0 atom stereocenters. The van der Waals surface area contributed by atoms with Crippen molar-refractivity contribution in [3.63, 3.8) is 0 Å². The van der Waals surface area contributed by atoms with E-state index in [1.165, 1.54) is 42.6 Å². The van der Waals surface area contributed by atoms with Crippen molar-refractivity contribution >= 4 is 103 Å². The van der Waals surface area contributed by atoms with Gasteiger partial charge in [-0.2, -0.15) is 19.6 Å². The average Bonchev–Trinajstić information content (AvgIpc) is 4.08. The summed E-state index contributed by atoms with van der Waals surface area (Å²) in [6.07, 6.45) is 2.94. The van der Waals surface area contributed by atoms with Gasteiger partial charge in [-0.05, 0) is 43.3 Å². The molecule has 8 rings (SSSR count). The number of ketones is 2. The molecule has 76 heavy (non-hydrogen) atoms. The molecular weight excluding hydrogens is 1020 g/mol. The van der Waals surface area contributed by atoms with Crippen LogP contribution in [0.15, 0.2) is 67.3 Å². The van der Waals surface area contributed by atoms with Gasteiger partial charge in [-0.25, -0.2) is 29.6 Å². The summed E-state index contributed by atoms with van der Waals surface area (Å²) in [5.74, 6) is 2.47. The van der Waals surface area contributed by atoms with E-state index in [-0.39, 0.29) is 78.6 Å². The van der Waals surface area contributed by atoms with E-state index in [4.69, 9.17) is 52.5 Å². The van der Waals surface area contributed by atoms with Crippen LogP contribution in [0.3, 0.4) is 0 Å². The highest BCUT2D eigenvalue weighted by molar-refractivity contribution is 6.54. The summed E-state index contributed by atoms with van der Waals surface area (Å²) in [5.41, 5.74) is 28.7. The Morgan fingerprint density at radius 2 is 1.14 bits per heavy atom. The fourth-order valence-corrected chi connectivity index (χ4v) is 5.28. The lowest BCUT2D eigenvalue weighted by molar-refractivity contribution is -0.120. The van der Waals surface area contributed by atoms with E-state index in [9.17, 15) is 19.2 Å². The molecule has 5 aromatic heterocycles. The van der Waals surface area contributed by atoms with E-state index in [1.54, 1.807) is 39.5 Å². The maximum absolute atomic E-state index is 11.2. The van der Waals surface area contributed by atoms with Gasteiger partial charge in [-0.1, -0.05) is 57.5 Å². The zero-order valence-corrected chi connectivity index (χ0v) is 46.7. The lowest BCUT2D eigenvalue weighted by atomic mass is 10.2. The maximum Gasteiger partial charge on any atom is 0.232 e. The molecule has 0 aliphatic rings. The second kappa shape index (κ2) is 34.2. The van der Waals surface area contributed by atoms with Crippen molar-refractivity contribution in [3.05, 3.63) is 73.1 Å². The number of nitrogens with zero attached hydrogens (tertiary/aromatic N) is 11. The number of amides is 2. The SMILES string of the molecule is CC(=O)CO.CC(N)=O.COc1cccc2c(-n3cncn3)nc(NC(C)=O)nc12.COc1cccc2c(N)nc(N)nc12.COc1cccc2c1nc(N)n1nc(CO)nc21.C[Si](C)C.C[Si](C)C.NCC(=O)CO. The number of carbonyl (C=O) groups is 4. The van der Waals surface area contributed by atoms with Gasteiger partial charge in [0, 0.05) is 47.6 Å². The normalized spacial score (nSPS) is 9.92. The number of anilines is 4. The fraction of sp³-hybridized carbons (Fsp3) is 0.340. The summed E-state index contributed by atoms with van der Waals surface area (Å²) in [6.45, 7) is 16.6. The summed E-state index contributed by atoms with van der Waals surface area (Å²) in [5, 5.41) is 37.8. The van der Waals surface area contributed by atoms with Gasteiger partial charge < -0.3 is 58.2 Å². The lowest BCUT2D eigenvalue weighted by Crippen LogP contribution is -2.16. The standard InChI is InChI=1S/C13H12N6O2.C11H11N5O2.C9H10N4O.C3H7NO2.C3H6O2.2C3H9Si.C2H5NO/c1-8(20)16-13-17-11-9(4-3-5-10(11)21-2)12(18-13)19-7-14-6-15-19;1-18-7-4-2-3-6-9(7)14-11(12)16-10(6)13-8(5-17)15-16;1-14-6-4-2-3-5-7(6)12-9(11)13-8(5)10;4-1-3(6)2-5;1-3(5)2-4;2*1-4(2)3;1-2(3)4/h3-7H,1-2H3,(H,16,17,18,20);2-4,17H,5H2,1H3,(H2,12,14);2-4H,1H3,(H4,10,11,12,13);5H,1-2,4H2;4H,2H2,1H3;2*1-3H3;1H3,(H2,3,4). The average molecular weight is 1090 g/mol. The predicted molar refractivity (Wildman–Crippen MR) is 296 cm³/mol. The number of aliphatic hydroxyl groups excluding tert-OH is 3. The van der Waals surface area contributed by atoms with Crippen molar-refractivity contribution in [2.45, 2.75) is 66.7 Å². The molecule has 27 nitrogen and oxygen atoms in total. The number of benzene rings is 3. The first-order chi connectivity index (χ1) is 35.9. The van der Waals surface area contributed by atoms with E-state index in [2.05, 4.69) is 95.4 Å². The Morgan fingerprint density at radius 3 is 1.55 bits per heavy atom. The molecular formula is C47H69N17O10Si2. The Bertz CT molecular complexity index is 3070. The molecule has 5 heterocycles. The molecule has 0 aliphatic carbocycles. The Balaban J connectivity index is 0.000000478. The highest BCUT2D eigenvalue weighted by Crippen LogP contribution is 2.30. The van der Waals surface area contributed by atoms with Crippen molar-refractivity contribution in [1.29, 1.82) is 0 Å². The number of nitrogens with one attached hydrogen (secondary N) is 1. The molecule has 14 N–H and O–H groups in total. The molecule has 0 fully saturated rings. The Kier molecular flexibility index (Phi) is 29.5. The van der Waals surface area contributed by atoms with Gasteiger partial charge >= 0.3 is 0 Å². The van der Waals surface area contributed by atoms with E-state index in [0.717, 1.165) is 16.2 Å². The lowest BCUT2D eigenvalue weighted by Gasteiger charge is -2.10. The number of nitrogens with two attached hydrogens (primary N) is 5. The fourth-order valence-electron chi connectivity index (χ4n) is 5.28. The van der Waals surface area contributed by atoms with Gasteiger partial charge in [0.15, 0.2) is 28.9 Å². The second-order valence-corrected chi connectivity index (χ2v) is 22.2. The topological polar surface area (TPSA) is 424 Å². The van der Waals surface area contributed by atoms with Gasteiger partial charge in [0.1, 0.15) is 72.1 Å². The van der Waals surface area contributed by atoms with Crippen LogP contribution in [0, 0.1) is 0 Å². The molecule has 29 heteroatoms. The van der Waals surface area contributed by atoms with Gasteiger partial charge in [0.2, 0.25) is 29.7 Å². The van der Waals surface area contributed by atoms with Crippen LogP contribution in [0.4, 0.5) is 23.7 Å². The Labute approximate surface area is 442 Å². The number of hydrogen-bond donors (Lipinski definition) is 9. The Morgan fingerprint density at radius 1 is 0.671 bits per heavy atom. The summed E-state index contributed by atoms with van der Waals surface area (Å²) < 4.78 is 18.6. The number of rotatable bonds is 9. The molecule has 2 amide bonds. The summed E-state index contributed by atoms with van der Waals surface area (Å²) in [7, 11) is 4.94. The number of primary amides is 1. The van der Waals surface area contributed by atoms with Gasteiger partial charge in [-0.15, -0.1) is 5.10 Å². The van der Waals surface area contributed by atoms with Crippen LogP contribution in [-0.2, 0) is 25.8 Å². The minimum atomic E-state index is -0.434. The number of Topliss-reactive ketones (excluding diaryl/α,β-unsaturated/α-hetero) is 2. The molecule has 0 saturated carbocycles. The molecule has 0 spiro atoms. The van der Waals surface area contributed by atoms with E-state index >= 15 is 0 Å². The number of aliphatic hydroxyl groups is 3. The predicted octanol–water partition coefficient (Wildman–Crippen LogP) is 2.65. The molecule has 410 valence electrons. The van der Waals surface area contributed by atoms with Crippen molar-refractivity contribution < 1.29 is 48.7 Å². The number of aromatic nitrogens is 11. The van der Waals surface area contributed by atoms with Gasteiger partial charge in [0.25, 0.3) is 0 Å². The van der Waals surface area contributed by atoms with Crippen LogP contribution < -0.4 is 48.2 Å².